The van der Waals surface area contributed by atoms with Crippen molar-refractivity contribution in [2.24, 2.45) is 5.41 Å². The third kappa shape index (κ3) is 3.13. The Hall–Kier alpha value is -0.240. The van der Waals surface area contributed by atoms with Gasteiger partial charge < -0.3 is 5.32 Å². The minimum Gasteiger partial charge on any atom is -0.310 e. The fraction of sp³-hybridized carbons (Fsp3) is 0.538. The van der Waals surface area contributed by atoms with Crippen LogP contribution in [0.2, 0.25) is 10.0 Å². The number of benzene rings is 1. The molecule has 0 heterocycles. The number of nitrogens with one attached hydrogen (secondary N) is 1. The van der Waals surface area contributed by atoms with E-state index in [1.165, 1.54) is 0 Å². The zero-order valence-corrected chi connectivity index (χ0v) is 11.8. The van der Waals surface area contributed by atoms with Crippen molar-refractivity contribution >= 4 is 23.2 Å². The summed E-state index contributed by atoms with van der Waals surface area (Å²) in [5.41, 5.74) is 1.07. The maximum absolute atomic E-state index is 6.24. The van der Waals surface area contributed by atoms with E-state index in [-0.39, 0.29) is 11.5 Å². The topological polar surface area (TPSA) is 12.0 Å². The summed E-state index contributed by atoms with van der Waals surface area (Å²) in [6.45, 7) is 9.52. The summed E-state index contributed by atoms with van der Waals surface area (Å²) in [6.07, 6.45) is 0. The van der Waals surface area contributed by atoms with E-state index in [2.05, 4.69) is 33.0 Å². The molecule has 1 unspecified atom stereocenters. The second kappa shape index (κ2) is 5.39. The fourth-order valence-corrected chi connectivity index (χ4v) is 2.45. The maximum Gasteiger partial charge on any atom is 0.0468 e. The van der Waals surface area contributed by atoms with Crippen LogP contribution in [0.3, 0.4) is 0 Å². The molecule has 0 aliphatic heterocycles. The molecule has 0 radical (unpaired) electrons. The van der Waals surface area contributed by atoms with Gasteiger partial charge in [0.05, 0.1) is 0 Å². The Balaban J connectivity index is 3.21. The Morgan fingerprint density at radius 1 is 1.19 bits per heavy atom. The van der Waals surface area contributed by atoms with Crippen molar-refractivity contribution < 1.29 is 0 Å². The first kappa shape index (κ1) is 13.8. The monoisotopic (exact) mass is 259 g/mol. The Bertz CT molecular complexity index is 335. The summed E-state index contributed by atoms with van der Waals surface area (Å²) in [5.74, 6) is 0. The molecule has 1 aromatic rings. The molecular formula is C13H19Cl2N. The third-order valence-electron chi connectivity index (χ3n) is 2.56. The summed E-state index contributed by atoms with van der Waals surface area (Å²) < 4.78 is 0. The summed E-state index contributed by atoms with van der Waals surface area (Å²) in [7, 11) is 0. The molecule has 0 bridgehead atoms. The molecule has 1 atom stereocenters. The van der Waals surface area contributed by atoms with E-state index in [1.807, 2.05) is 18.2 Å². The summed E-state index contributed by atoms with van der Waals surface area (Å²) in [5, 5.41) is 4.91. The van der Waals surface area contributed by atoms with E-state index < -0.39 is 0 Å². The molecular weight excluding hydrogens is 241 g/mol. The van der Waals surface area contributed by atoms with Crippen LogP contribution in [0.1, 0.15) is 39.3 Å². The van der Waals surface area contributed by atoms with Crippen molar-refractivity contribution in [2.75, 3.05) is 6.54 Å². The van der Waals surface area contributed by atoms with Gasteiger partial charge in [-0.15, -0.1) is 0 Å². The minimum absolute atomic E-state index is 0.0741. The summed E-state index contributed by atoms with van der Waals surface area (Å²) in [6, 6.07) is 5.82. The van der Waals surface area contributed by atoms with Crippen LogP contribution in [-0.2, 0) is 0 Å². The predicted octanol–water partition coefficient (Wildman–Crippen LogP) is 4.69. The van der Waals surface area contributed by atoms with Crippen LogP contribution in [0.5, 0.6) is 0 Å². The van der Waals surface area contributed by atoms with Crippen LogP contribution in [0, 0.1) is 5.41 Å². The summed E-state index contributed by atoms with van der Waals surface area (Å²) >= 11 is 12.5. The highest BCUT2D eigenvalue weighted by Crippen LogP contribution is 2.39. The molecule has 0 spiro atoms. The molecule has 1 aromatic carbocycles. The maximum atomic E-state index is 6.24. The zero-order chi connectivity index (χ0) is 12.3. The van der Waals surface area contributed by atoms with Crippen LogP contribution in [0.4, 0.5) is 0 Å². The smallest absolute Gasteiger partial charge is 0.0468 e. The van der Waals surface area contributed by atoms with Gasteiger partial charge in [-0.25, -0.2) is 0 Å². The van der Waals surface area contributed by atoms with Gasteiger partial charge in [-0.1, -0.05) is 57.0 Å². The van der Waals surface area contributed by atoms with Gasteiger partial charge in [0, 0.05) is 21.7 Å². The molecule has 1 nitrogen and oxygen atoms in total. The van der Waals surface area contributed by atoms with Gasteiger partial charge in [0.2, 0.25) is 0 Å². The molecule has 0 amide bonds. The van der Waals surface area contributed by atoms with E-state index in [9.17, 15) is 0 Å². The summed E-state index contributed by atoms with van der Waals surface area (Å²) in [4.78, 5) is 0. The Kier molecular flexibility index (Phi) is 4.66. The van der Waals surface area contributed by atoms with Gasteiger partial charge in [0.25, 0.3) is 0 Å². The number of halogens is 2. The predicted molar refractivity (Wildman–Crippen MR) is 72.3 cm³/mol. The van der Waals surface area contributed by atoms with Gasteiger partial charge in [0.15, 0.2) is 0 Å². The van der Waals surface area contributed by atoms with E-state index in [4.69, 9.17) is 23.2 Å². The van der Waals surface area contributed by atoms with Crippen molar-refractivity contribution in [1.82, 2.24) is 5.32 Å². The lowest BCUT2D eigenvalue weighted by molar-refractivity contribution is 0.277. The van der Waals surface area contributed by atoms with E-state index in [0.29, 0.717) is 0 Å². The molecule has 0 aromatic heterocycles. The van der Waals surface area contributed by atoms with Crippen molar-refractivity contribution in [3.8, 4) is 0 Å². The molecule has 90 valence electrons. The first-order valence-electron chi connectivity index (χ1n) is 5.55. The highest BCUT2D eigenvalue weighted by molar-refractivity contribution is 6.36. The molecule has 16 heavy (non-hydrogen) atoms. The van der Waals surface area contributed by atoms with E-state index >= 15 is 0 Å². The molecule has 3 heteroatoms. The first-order valence-corrected chi connectivity index (χ1v) is 6.30. The Labute approximate surface area is 108 Å². The molecule has 0 saturated carbocycles. The van der Waals surface area contributed by atoms with Gasteiger partial charge in [-0.05, 0) is 24.1 Å². The first-order chi connectivity index (χ1) is 7.38. The molecule has 0 saturated heterocycles. The molecule has 1 N–H and O–H groups in total. The van der Waals surface area contributed by atoms with E-state index in [1.54, 1.807) is 0 Å². The van der Waals surface area contributed by atoms with E-state index in [0.717, 1.165) is 22.2 Å². The van der Waals surface area contributed by atoms with Crippen LogP contribution in [-0.4, -0.2) is 6.54 Å². The van der Waals surface area contributed by atoms with Crippen molar-refractivity contribution in [3.63, 3.8) is 0 Å². The van der Waals surface area contributed by atoms with Crippen molar-refractivity contribution in [2.45, 2.75) is 33.7 Å². The minimum atomic E-state index is 0.0741. The Morgan fingerprint density at radius 3 is 2.06 bits per heavy atom. The lowest BCUT2D eigenvalue weighted by Gasteiger charge is -2.33. The number of rotatable bonds is 3. The van der Waals surface area contributed by atoms with Crippen LogP contribution >= 0.6 is 23.2 Å². The van der Waals surface area contributed by atoms with Gasteiger partial charge in [-0.2, -0.15) is 0 Å². The molecule has 0 aliphatic carbocycles. The van der Waals surface area contributed by atoms with Gasteiger partial charge in [-0.3, -0.25) is 0 Å². The van der Waals surface area contributed by atoms with Gasteiger partial charge in [0.1, 0.15) is 0 Å². The quantitative estimate of drug-likeness (QED) is 0.831. The lowest BCUT2D eigenvalue weighted by atomic mass is 9.82. The number of hydrogen-bond donors (Lipinski definition) is 1. The van der Waals surface area contributed by atoms with Crippen LogP contribution in [0.25, 0.3) is 0 Å². The van der Waals surface area contributed by atoms with Crippen molar-refractivity contribution in [1.29, 1.82) is 0 Å². The molecule has 0 fully saturated rings. The largest absolute Gasteiger partial charge is 0.310 e. The average molecular weight is 260 g/mol. The highest BCUT2D eigenvalue weighted by Gasteiger charge is 2.28. The second-order valence-corrected chi connectivity index (χ2v) is 5.81. The molecule has 0 aliphatic rings. The second-order valence-electron chi connectivity index (χ2n) is 4.99. The fourth-order valence-electron chi connectivity index (χ4n) is 1.83. The normalized spacial score (nSPS) is 13.9. The van der Waals surface area contributed by atoms with Gasteiger partial charge >= 0.3 is 0 Å². The highest BCUT2D eigenvalue weighted by atomic mass is 35.5. The SMILES string of the molecule is CCNC(c1c(Cl)cccc1Cl)C(C)(C)C. The average Bonchev–Trinajstić information content (AvgIpc) is 2.14. The zero-order valence-electron chi connectivity index (χ0n) is 10.3. The Morgan fingerprint density at radius 2 is 1.69 bits per heavy atom. The molecule has 1 rings (SSSR count). The van der Waals surface area contributed by atoms with Crippen molar-refractivity contribution in [3.05, 3.63) is 33.8 Å². The lowest BCUT2D eigenvalue weighted by Crippen LogP contribution is -2.32. The van der Waals surface area contributed by atoms with Crippen LogP contribution in [0.15, 0.2) is 18.2 Å². The number of hydrogen-bond acceptors (Lipinski definition) is 1. The third-order valence-corrected chi connectivity index (χ3v) is 3.22. The van der Waals surface area contributed by atoms with Crippen LogP contribution < -0.4 is 5.32 Å². The standard InChI is InChI=1S/C13H19Cl2N/c1-5-16-12(13(2,3)4)11-9(14)7-6-8-10(11)15/h6-8,12,16H,5H2,1-4H3.